The summed E-state index contributed by atoms with van der Waals surface area (Å²) in [5.74, 6) is 5.87. The number of nitrogens with two attached hydrogens (primary N) is 1. The van der Waals surface area contributed by atoms with Crippen LogP contribution >= 0.6 is 0 Å². The van der Waals surface area contributed by atoms with Gasteiger partial charge >= 0.3 is 0 Å². The van der Waals surface area contributed by atoms with Crippen LogP contribution in [0.5, 0.6) is 0 Å². The van der Waals surface area contributed by atoms with Crippen LogP contribution < -0.4 is 11.3 Å². The average molecular weight is 166 g/mol. The van der Waals surface area contributed by atoms with Gasteiger partial charge in [0.15, 0.2) is 0 Å². The molecule has 0 spiro atoms. The summed E-state index contributed by atoms with van der Waals surface area (Å²) in [6, 6.07) is 3.86. The van der Waals surface area contributed by atoms with Crippen molar-refractivity contribution in [3.8, 4) is 0 Å². The van der Waals surface area contributed by atoms with Crippen LogP contribution in [0.25, 0.3) is 0 Å². The van der Waals surface area contributed by atoms with Crippen LogP contribution in [0.2, 0.25) is 0 Å². The molecule has 4 nitrogen and oxygen atoms in total. The number of nitrogens with zero attached hydrogens (tertiary/aromatic N) is 2. The molecule has 1 aromatic heterocycles. The third-order valence-corrected chi connectivity index (χ3v) is 1.47. The minimum Gasteiger partial charge on any atom is -0.308 e. The molecule has 0 unspecified atom stereocenters. The van der Waals surface area contributed by atoms with Gasteiger partial charge in [0.25, 0.3) is 0 Å². The van der Waals surface area contributed by atoms with E-state index in [0.29, 0.717) is 5.82 Å². The van der Waals surface area contributed by atoms with E-state index in [1.54, 1.807) is 0 Å². The van der Waals surface area contributed by atoms with E-state index >= 15 is 0 Å². The number of hydrogen-bond donors (Lipinski definition) is 2. The molecule has 4 heteroatoms. The molecule has 0 radical (unpaired) electrons. The summed E-state index contributed by atoms with van der Waals surface area (Å²) in [5, 5.41) is 0. The van der Waals surface area contributed by atoms with Gasteiger partial charge < -0.3 is 10.3 Å². The fourth-order valence-corrected chi connectivity index (χ4v) is 0.969. The van der Waals surface area contributed by atoms with Crippen LogP contribution in [0, 0.1) is 0 Å². The molecule has 0 amide bonds. The summed E-state index contributed by atoms with van der Waals surface area (Å²) in [7, 11) is 4.05. The molecule has 1 aromatic rings. The topological polar surface area (TPSA) is 54.2 Å². The molecular weight excluding hydrogens is 152 g/mol. The molecule has 0 atom stereocenters. The molecule has 0 saturated heterocycles. The molecule has 0 fully saturated rings. The number of rotatable bonds is 3. The second-order valence-electron chi connectivity index (χ2n) is 2.93. The van der Waals surface area contributed by atoms with Crippen LogP contribution in [-0.2, 0) is 6.54 Å². The Hall–Kier alpha value is -1.13. The number of hydrazine groups is 1. The summed E-state index contributed by atoms with van der Waals surface area (Å²) in [6.07, 6.45) is 1.81. The van der Waals surface area contributed by atoms with E-state index in [1.807, 2.05) is 32.4 Å². The summed E-state index contributed by atoms with van der Waals surface area (Å²) in [4.78, 5) is 6.18. The number of pyridine rings is 1. The Morgan fingerprint density at radius 3 is 2.67 bits per heavy atom. The zero-order valence-electron chi connectivity index (χ0n) is 7.41. The van der Waals surface area contributed by atoms with Crippen molar-refractivity contribution >= 4 is 5.82 Å². The number of hydrogen-bond acceptors (Lipinski definition) is 4. The van der Waals surface area contributed by atoms with Crippen molar-refractivity contribution in [3.05, 3.63) is 23.9 Å². The predicted octanol–water partition coefficient (Wildman–Crippen LogP) is 0.429. The first-order valence-corrected chi connectivity index (χ1v) is 3.78. The highest BCUT2D eigenvalue weighted by Gasteiger charge is 1.95. The van der Waals surface area contributed by atoms with Crippen molar-refractivity contribution in [2.24, 2.45) is 5.84 Å². The second-order valence-corrected chi connectivity index (χ2v) is 2.93. The van der Waals surface area contributed by atoms with Crippen molar-refractivity contribution in [1.29, 1.82) is 0 Å². The van der Waals surface area contributed by atoms with E-state index < -0.39 is 0 Å². The minimum atomic E-state index is 0.692. The third kappa shape index (κ3) is 2.48. The molecule has 0 aliphatic heterocycles. The van der Waals surface area contributed by atoms with Crippen molar-refractivity contribution in [1.82, 2.24) is 9.88 Å². The average Bonchev–Trinajstić information content (AvgIpc) is 2.05. The maximum Gasteiger partial charge on any atom is 0.139 e. The highest BCUT2D eigenvalue weighted by atomic mass is 15.2. The van der Waals surface area contributed by atoms with Crippen molar-refractivity contribution in [2.45, 2.75) is 6.54 Å². The van der Waals surface area contributed by atoms with Gasteiger partial charge in [-0.05, 0) is 25.7 Å². The van der Waals surface area contributed by atoms with Gasteiger partial charge in [0.05, 0.1) is 0 Å². The van der Waals surface area contributed by atoms with E-state index in [9.17, 15) is 0 Å². The van der Waals surface area contributed by atoms with Gasteiger partial charge in [-0.15, -0.1) is 0 Å². The first-order chi connectivity index (χ1) is 5.72. The smallest absolute Gasteiger partial charge is 0.139 e. The number of aromatic nitrogens is 1. The molecule has 1 heterocycles. The molecule has 0 aliphatic rings. The van der Waals surface area contributed by atoms with E-state index in [-0.39, 0.29) is 0 Å². The zero-order valence-corrected chi connectivity index (χ0v) is 7.41. The molecule has 3 N–H and O–H groups in total. The van der Waals surface area contributed by atoms with Gasteiger partial charge in [-0.2, -0.15) is 0 Å². The van der Waals surface area contributed by atoms with Crippen LogP contribution in [0.3, 0.4) is 0 Å². The molecule has 0 aliphatic carbocycles. The maximum absolute atomic E-state index is 5.18. The Labute approximate surface area is 72.4 Å². The highest BCUT2D eigenvalue weighted by Crippen LogP contribution is 2.04. The Morgan fingerprint density at radius 2 is 2.25 bits per heavy atom. The van der Waals surface area contributed by atoms with E-state index in [2.05, 4.69) is 15.3 Å². The first-order valence-electron chi connectivity index (χ1n) is 3.78. The summed E-state index contributed by atoms with van der Waals surface area (Å²) in [6.45, 7) is 0.901. The van der Waals surface area contributed by atoms with Crippen molar-refractivity contribution in [2.75, 3.05) is 19.5 Å². The Morgan fingerprint density at radius 1 is 1.50 bits per heavy atom. The fraction of sp³-hybridized carbons (Fsp3) is 0.375. The van der Waals surface area contributed by atoms with Gasteiger partial charge in [0, 0.05) is 12.7 Å². The molecule has 0 saturated carbocycles. The lowest BCUT2D eigenvalue weighted by Crippen LogP contribution is -2.12. The van der Waals surface area contributed by atoms with Gasteiger partial charge in [0.1, 0.15) is 5.82 Å². The SMILES string of the molecule is CN(C)Cc1ccc(NN)nc1. The normalized spacial score (nSPS) is 10.3. The van der Waals surface area contributed by atoms with Gasteiger partial charge in [-0.1, -0.05) is 6.07 Å². The Kier molecular flexibility index (Phi) is 3.01. The van der Waals surface area contributed by atoms with Crippen LogP contribution in [0.15, 0.2) is 18.3 Å². The number of nitrogen functional groups attached to an aromatic ring is 1. The minimum absolute atomic E-state index is 0.692. The molecule has 66 valence electrons. The number of nitrogens with one attached hydrogen (secondary N) is 1. The Bertz CT molecular complexity index is 229. The molecule has 0 bridgehead atoms. The lowest BCUT2D eigenvalue weighted by molar-refractivity contribution is 0.402. The standard InChI is InChI=1S/C8H14N4/c1-12(2)6-7-3-4-8(11-9)10-5-7/h3-5H,6,9H2,1-2H3,(H,10,11). The second kappa shape index (κ2) is 4.04. The van der Waals surface area contributed by atoms with Crippen molar-refractivity contribution < 1.29 is 0 Å². The maximum atomic E-state index is 5.18. The zero-order chi connectivity index (χ0) is 8.97. The number of anilines is 1. The first kappa shape index (κ1) is 8.96. The fourth-order valence-electron chi connectivity index (χ4n) is 0.969. The monoisotopic (exact) mass is 166 g/mol. The largest absolute Gasteiger partial charge is 0.308 e. The van der Waals surface area contributed by atoms with Crippen LogP contribution in [-0.4, -0.2) is 24.0 Å². The Balaban J connectivity index is 2.65. The third-order valence-electron chi connectivity index (χ3n) is 1.47. The lowest BCUT2D eigenvalue weighted by atomic mass is 10.3. The molecular formula is C8H14N4. The molecule has 0 aromatic carbocycles. The van der Waals surface area contributed by atoms with E-state index in [4.69, 9.17) is 5.84 Å². The van der Waals surface area contributed by atoms with E-state index in [1.165, 1.54) is 5.56 Å². The predicted molar refractivity (Wildman–Crippen MR) is 49.4 cm³/mol. The molecule has 1 rings (SSSR count). The van der Waals surface area contributed by atoms with Crippen molar-refractivity contribution in [3.63, 3.8) is 0 Å². The van der Waals surface area contributed by atoms with Crippen LogP contribution in [0.4, 0.5) is 5.82 Å². The lowest BCUT2D eigenvalue weighted by Gasteiger charge is -2.09. The van der Waals surface area contributed by atoms with Crippen LogP contribution in [0.1, 0.15) is 5.56 Å². The summed E-state index contributed by atoms with van der Waals surface area (Å²) < 4.78 is 0. The van der Waals surface area contributed by atoms with E-state index in [0.717, 1.165) is 6.54 Å². The highest BCUT2D eigenvalue weighted by molar-refractivity contribution is 5.33. The quantitative estimate of drug-likeness (QED) is 0.505. The van der Waals surface area contributed by atoms with Gasteiger partial charge in [0.2, 0.25) is 0 Å². The summed E-state index contributed by atoms with van der Waals surface area (Å²) in [5.41, 5.74) is 3.66. The van der Waals surface area contributed by atoms with Gasteiger partial charge in [-0.25, -0.2) is 10.8 Å². The van der Waals surface area contributed by atoms with Gasteiger partial charge in [-0.3, -0.25) is 0 Å². The molecule has 12 heavy (non-hydrogen) atoms. The summed E-state index contributed by atoms with van der Waals surface area (Å²) >= 11 is 0.